The van der Waals surface area contributed by atoms with Crippen LogP contribution in [0.2, 0.25) is 0 Å². The van der Waals surface area contributed by atoms with Crippen LogP contribution < -0.4 is 5.32 Å². The molecular weight excluding hydrogens is 326 g/mol. The standard InChI is InChI=1S/C17H13N3O3S/c1-10-14(8-18)15(20(17(22)23)16(21)19-10)12-4-2-3-11(7-12)13-5-6-24-9-13/h2-7,9,15H,1H3,(H,19,21)(H,22,23). The molecule has 1 aliphatic rings. The van der Waals surface area contributed by atoms with Gasteiger partial charge in [0, 0.05) is 5.70 Å². The first-order valence-corrected chi connectivity index (χ1v) is 8.03. The third-order valence-electron chi connectivity index (χ3n) is 3.83. The lowest BCUT2D eigenvalue weighted by Crippen LogP contribution is -2.49. The Hall–Kier alpha value is -3.11. The topological polar surface area (TPSA) is 93.4 Å². The van der Waals surface area contributed by atoms with E-state index in [-0.39, 0.29) is 5.57 Å². The van der Waals surface area contributed by atoms with Crippen molar-refractivity contribution in [2.75, 3.05) is 0 Å². The van der Waals surface area contributed by atoms with Crippen molar-refractivity contribution < 1.29 is 14.7 Å². The number of thiophene rings is 1. The van der Waals surface area contributed by atoms with Gasteiger partial charge < -0.3 is 10.4 Å². The summed E-state index contributed by atoms with van der Waals surface area (Å²) in [5, 5.41) is 25.2. The summed E-state index contributed by atoms with van der Waals surface area (Å²) in [5.41, 5.74) is 3.06. The average Bonchev–Trinajstić information content (AvgIpc) is 3.08. The summed E-state index contributed by atoms with van der Waals surface area (Å²) in [6, 6.07) is 9.49. The van der Waals surface area contributed by atoms with Crippen LogP contribution in [0.1, 0.15) is 18.5 Å². The van der Waals surface area contributed by atoms with Crippen LogP contribution in [0, 0.1) is 11.3 Å². The molecule has 1 unspecified atom stereocenters. The van der Waals surface area contributed by atoms with Gasteiger partial charge in [0.2, 0.25) is 0 Å². The fraction of sp³-hybridized carbons (Fsp3) is 0.118. The van der Waals surface area contributed by atoms with E-state index in [0.717, 1.165) is 11.1 Å². The van der Waals surface area contributed by atoms with E-state index in [1.54, 1.807) is 30.4 Å². The Morgan fingerprint density at radius 1 is 1.38 bits per heavy atom. The summed E-state index contributed by atoms with van der Waals surface area (Å²) in [6.45, 7) is 1.59. The van der Waals surface area contributed by atoms with E-state index < -0.39 is 18.2 Å². The number of carboxylic acid groups (broad SMARTS) is 1. The van der Waals surface area contributed by atoms with Gasteiger partial charge in [0.1, 0.15) is 6.04 Å². The summed E-state index contributed by atoms with van der Waals surface area (Å²) < 4.78 is 0. The van der Waals surface area contributed by atoms with Crippen molar-refractivity contribution in [3.05, 3.63) is 57.9 Å². The minimum absolute atomic E-state index is 0.208. The molecule has 0 bridgehead atoms. The molecule has 7 heteroatoms. The second kappa shape index (κ2) is 6.18. The van der Waals surface area contributed by atoms with Gasteiger partial charge in [0.25, 0.3) is 0 Å². The molecule has 3 rings (SSSR count). The smallest absolute Gasteiger partial charge is 0.416 e. The largest absolute Gasteiger partial charge is 0.465 e. The molecule has 1 aromatic carbocycles. The number of nitrogens with zero attached hydrogens (tertiary/aromatic N) is 2. The maximum absolute atomic E-state index is 12.1. The van der Waals surface area contributed by atoms with Crippen molar-refractivity contribution in [3.63, 3.8) is 0 Å². The second-order valence-corrected chi connectivity index (χ2v) is 6.05. The number of benzene rings is 1. The molecular formula is C17H13N3O3S. The summed E-state index contributed by atoms with van der Waals surface area (Å²) in [6.07, 6.45) is -1.40. The van der Waals surface area contributed by atoms with E-state index >= 15 is 0 Å². The van der Waals surface area contributed by atoms with E-state index in [1.165, 1.54) is 0 Å². The van der Waals surface area contributed by atoms with Crippen molar-refractivity contribution in [3.8, 4) is 17.2 Å². The molecule has 0 saturated heterocycles. The number of nitrogens with one attached hydrogen (secondary N) is 1. The summed E-state index contributed by atoms with van der Waals surface area (Å²) in [4.78, 5) is 24.3. The van der Waals surface area contributed by atoms with E-state index in [4.69, 9.17) is 0 Å². The summed E-state index contributed by atoms with van der Waals surface area (Å²) in [5.74, 6) is 0. The molecule has 3 amide bonds. The predicted octanol–water partition coefficient (Wildman–Crippen LogP) is 3.96. The minimum Gasteiger partial charge on any atom is -0.465 e. The van der Waals surface area contributed by atoms with Gasteiger partial charge in [0.05, 0.1) is 11.6 Å². The Labute approximate surface area is 142 Å². The van der Waals surface area contributed by atoms with Gasteiger partial charge in [-0.2, -0.15) is 16.6 Å². The lowest BCUT2D eigenvalue weighted by molar-refractivity contribution is 0.136. The van der Waals surface area contributed by atoms with Crippen LogP contribution in [0.5, 0.6) is 0 Å². The Balaban J connectivity index is 2.15. The number of hydrogen-bond acceptors (Lipinski definition) is 4. The highest BCUT2D eigenvalue weighted by Crippen LogP contribution is 2.35. The third kappa shape index (κ3) is 2.64. The van der Waals surface area contributed by atoms with E-state index in [0.29, 0.717) is 16.2 Å². The van der Waals surface area contributed by atoms with Gasteiger partial charge in [-0.1, -0.05) is 18.2 Å². The van der Waals surface area contributed by atoms with Gasteiger partial charge in [-0.05, 0) is 46.5 Å². The molecule has 2 aromatic rings. The number of carbonyl (C=O) groups is 2. The number of urea groups is 1. The van der Waals surface area contributed by atoms with Crippen LogP contribution in [0.15, 0.2) is 52.4 Å². The van der Waals surface area contributed by atoms with Crippen molar-refractivity contribution >= 4 is 23.5 Å². The van der Waals surface area contributed by atoms with Gasteiger partial charge in [-0.3, -0.25) is 0 Å². The fourth-order valence-electron chi connectivity index (χ4n) is 2.71. The molecule has 0 saturated carbocycles. The van der Waals surface area contributed by atoms with Crippen LogP contribution in [0.4, 0.5) is 9.59 Å². The Morgan fingerprint density at radius 3 is 2.79 bits per heavy atom. The Kier molecular flexibility index (Phi) is 4.06. The first-order chi connectivity index (χ1) is 11.5. The van der Waals surface area contributed by atoms with Gasteiger partial charge >= 0.3 is 12.1 Å². The van der Waals surface area contributed by atoms with Crippen molar-refractivity contribution in [2.45, 2.75) is 13.0 Å². The molecule has 0 aliphatic carbocycles. The van der Waals surface area contributed by atoms with E-state index in [2.05, 4.69) is 5.32 Å². The molecule has 1 atom stereocenters. The van der Waals surface area contributed by atoms with Crippen molar-refractivity contribution in [1.29, 1.82) is 5.26 Å². The van der Waals surface area contributed by atoms with Crippen molar-refractivity contribution in [2.24, 2.45) is 0 Å². The minimum atomic E-state index is -1.40. The Morgan fingerprint density at radius 2 is 2.17 bits per heavy atom. The molecule has 2 N–H and O–H groups in total. The zero-order valence-corrected chi connectivity index (χ0v) is 13.5. The Bertz CT molecular complexity index is 881. The molecule has 0 fully saturated rings. The number of carbonyl (C=O) groups excluding carboxylic acids is 1. The number of hydrogen-bond donors (Lipinski definition) is 2. The third-order valence-corrected chi connectivity index (χ3v) is 4.52. The molecule has 6 nitrogen and oxygen atoms in total. The normalized spacial score (nSPS) is 17.4. The van der Waals surface area contributed by atoms with Crippen LogP contribution >= 0.6 is 11.3 Å². The molecule has 120 valence electrons. The zero-order chi connectivity index (χ0) is 17.3. The van der Waals surface area contributed by atoms with Gasteiger partial charge in [0.15, 0.2) is 0 Å². The number of nitriles is 1. The predicted molar refractivity (Wildman–Crippen MR) is 89.2 cm³/mol. The maximum atomic E-state index is 12.1. The second-order valence-electron chi connectivity index (χ2n) is 5.27. The van der Waals surface area contributed by atoms with Gasteiger partial charge in [-0.25, -0.2) is 14.5 Å². The summed E-state index contributed by atoms with van der Waals surface area (Å²) in [7, 11) is 0. The fourth-order valence-corrected chi connectivity index (χ4v) is 3.38. The highest BCUT2D eigenvalue weighted by molar-refractivity contribution is 7.08. The van der Waals surface area contributed by atoms with Crippen LogP contribution in [-0.4, -0.2) is 22.1 Å². The van der Waals surface area contributed by atoms with Crippen LogP contribution in [0.25, 0.3) is 11.1 Å². The number of amides is 3. The highest BCUT2D eigenvalue weighted by Gasteiger charge is 2.38. The van der Waals surface area contributed by atoms with E-state index in [1.807, 2.05) is 35.0 Å². The lowest BCUT2D eigenvalue weighted by Gasteiger charge is -2.33. The maximum Gasteiger partial charge on any atom is 0.416 e. The quantitative estimate of drug-likeness (QED) is 0.866. The van der Waals surface area contributed by atoms with Crippen LogP contribution in [-0.2, 0) is 0 Å². The molecule has 0 spiro atoms. The lowest BCUT2D eigenvalue weighted by atomic mass is 9.93. The first-order valence-electron chi connectivity index (χ1n) is 7.09. The number of imide groups is 1. The first kappa shape index (κ1) is 15.8. The molecule has 2 heterocycles. The number of rotatable bonds is 2. The number of allylic oxidation sites excluding steroid dienone is 1. The van der Waals surface area contributed by atoms with Gasteiger partial charge in [-0.15, -0.1) is 0 Å². The zero-order valence-electron chi connectivity index (χ0n) is 12.7. The SMILES string of the molecule is CC1=C(C#N)C(c2cccc(-c3ccsc3)c2)N(C(=O)O)C(=O)N1. The highest BCUT2D eigenvalue weighted by atomic mass is 32.1. The molecule has 24 heavy (non-hydrogen) atoms. The average molecular weight is 339 g/mol. The van der Waals surface area contributed by atoms with Crippen LogP contribution in [0.3, 0.4) is 0 Å². The monoisotopic (exact) mass is 339 g/mol. The molecule has 0 radical (unpaired) electrons. The van der Waals surface area contributed by atoms with Crippen molar-refractivity contribution in [1.82, 2.24) is 10.2 Å². The molecule has 1 aromatic heterocycles. The molecule has 1 aliphatic heterocycles. The van der Waals surface area contributed by atoms with E-state index in [9.17, 15) is 20.0 Å². The summed E-state index contributed by atoms with van der Waals surface area (Å²) >= 11 is 1.56.